The molecule has 2 aromatic rings. The zero-order valence-electron chi connectivity index (χ0n) is 12.7. The van der Waals surface area contributed by atoms with Gasteiger partial charge in [0.1, 0.15) is 6.04 Å². The van der Waals surface area contributed by atoms with Gasteiger partial charge in [-0.15, -0.1) is 0 Å². The molecule has 0 saturated heterocycles. The van der Waals surface area contributed by atoms with Gasteiger partial charge in [-0.2, -0.15) is 13.2 Å². The van der Waals surface area contributed by atoms with Gasteiger partial charge in [0.05, 0.1) is 0 Å². The Morgan fingerprint density at radius 2 is 1.57 bits per heavy atom. The van der Waals surface area contributed by atoms with Crippen molar-refractivity contribution in [2.45, 2.75) is 32.0 Å². The second kappa shape index (κ2) is 7.31. The van der Waals surface area contributed by atoms with Gasteiger partial charge < -0.3 is 5.32 Å². The lowest BCUT2D eigenvalue weighted by Gasteiger charge is -2.23. The molecule has 0 aliphatic carbocycles. The van der Waals surface area contributed by atoms with Crippen molar-refractivity contribution in [3.63, 3.8) is 0 Å². The van der Waals surface area contributed by atoms with Crippen molar-refractivity contribution in [1.29, 1.82) is 0 Å². The fourth-order valence-corrected chi connectivity index (χ4v) is 2.40. The van der Waals surface area contributed by atoms with E-state index in [0.717, 1.165) is 5.56 Å². The van der Waals surface area contributed by atoms with E-state index in [1.54, 1.807) is 36.4 Å². The van der Waals surface area contributed by atoms with Crippen molar-refractivity contribution in [2.75, 3.05) is 0 Å². The van der Waals surface area contributed by atoms with Crippen molar-refractivity contribution < 1.29 is 18.0 Å². The number of alkyl halides is 3. The summed E-state index contributed by atoms with van der Waals surface area (Å²) in [6.07, 6.45) is -4.13. The van der Waals surface area contributed by atoms with E-state index in [0.29, 0.717) is 12.0 Å². The van der Waals surface area contributed by atoms with E-state index < -0.39 is 18.1 Å². The van der Waals surface area contributed by atoms with E-state index in [1.807, 2.05) is 13.0 Å². The average Bonchev–Trinajstić information content (AvgIpc) is 2.54. The Morgan fingerprint density at radius 1 is 1.00 bits per heavy atom. The van der Waals surface area contributed by atoms with E-state index in [-0.39, 0.29) is 12.0 Å². The maximum absolute atomic E-state index is 13.3. The Labute approximate surface area is 133 Å². The molecule has 0 saturated carbocycles. The predicted molar refractivity (Wildman–Crippen MR) is 83.3 cm³/mol. The maximum Gasteiger partial charge on any atom is 0.408 e. The van der Waals surface area contributed by atoms with Crippen LogP contribution in [0, 0.1) is 0 Å². The number of hydrogen-bond donors (Lipinski definition) is 1. The van der Waals surface area contributed by atoms with Gasteiger partial charge in [-0.1, -0.05) is 49.4 Å². The van der Waals surface area contributed by atoms with Crippen molar-refractivity contribution in [2.24, 2.45) is 0 Å². The molecule has 0 unspecified atom stereocenters. The predicted octanol–water partition coefficient (Wildman–Crippen LogP) is 4.15. The van der Waals surface area contributed by atoms with Crippen LogP contribution in [0.3, 0.4) is 0 Å². The summed E-state index contributed by atoms with van der Waals surface area (Å²) in [6, 6.07) is 13.0. The van der Waals surface area contributed by atoms with Crippen LogP contribution in [-0.4, -0.2) is 18.1 Å². The number of halogens is 3. The van der Waals surface area contributed by atoms with E-state index in [9.17, 15) is 18.0 Å². The minimum absolute atomic E-state index is 0.213. The largest absolute Gasteiger partial charge is 0.408 e. The molecule has 0 bridgehead atoms. The molecular weight excluding hydrogens is 303 g/mol. The highest BCUT2D eigenvalue weighted by atomic mass is 19.4. The molecule has 0 aliphatic heterocycles. The number of hydrogen-bond acceptors (Lipinski definition) is 1. The molecular formula is C18H18F3NO. The van der Waals surface area contributed by atoms with Crippen LogP contribution in [-0.2, 0) is 12.8 Å². The van der Waals surface area contributed by atoms with Gasteiger partial charge in [-0.25, -0.2) is 0 Å². The lowest BCUT2D eigenvalue weighted by atomic mass is 9.98. The van der Waals surface area contributed by atoms with Crippen molar-refractivity contribution >= 4 is 5.91 Å². The molecule has 0 heterocycles. The van der Waals surface area contributed by atoms with Crippen molar-refractivity contribution in [1.82, 2.24) is 5.32 Å². The van der Waals surface area contributed by atoms with Gasteiger partial charge in [-0.05, 0) is 29.7 Å². The molecule has 2 aromatic carbocycles. The van der Waals surface area contributed by atoms with Gasteiger partial charge in [0.15, 0.2) is 0 Å². The summed E-state index contributed by atoms with van der Waals surface area (Å²) in [7, 11) is 0. The average molecular weight is 321 g/mol. The summed E-state index contributed by atoms with van der Waals surface area (Å²) < 4.78 is 39.9. The first-order chi connectivity index (χ1) is 10.9. The van der Waals surface area contributed by atoms with E-state index in [4.69, 9.17) is 0 Å². The van der Waals surface area contributed by atoms with Crippen LogP contribution in [0.1, 0.15) is 28.4 Å². The standard InChI is InChI=1S/C18H18F3NO/c1-2-13-8-6-7-11-15(13)12-16(18(19,20)21)22-17(23)14-9-4-3-5-10-14/h3-11,16H,2,12H2,1H3,(H,22,23)/t16-/m1/s1. The molecule has 0 spiro atoms. The van der Waals surface area contributed by atoms with Crippen LogP contribution in [0.2, 0.25) is 0 Å². The van der Waals surface area contributed by atoms with E-state index in [1.165, 1.54) is 12.1 Å². The van der Waals surface area contributed by atoms with Crippen LogP contribution >= 0.6 is 0 Å². The molecule has 1 amide bonds. The topological polar surface area (TPSA) is 29.1 Å². The molecule has 2 rings (SSSR count). The van der Waals surface area contributed by atoms with E-state index >= 15 is 0 Å². The Morgan fingerprint density at radius 3 is 2.13 bits per heavy atom. The molecule has 23 heavy (non-hydrogen) atoms. The summed E-state index contributed by atoms with van der Waals surface area (Å²) in [4.78, 5) is 12.0. The van der Waals surface area contributed by atoms with Crippen LogP contribution in [0.15, 0.2) is 54.6 Å². The zero-order chi connectivity index (χ0) is 16.9. The molecule has 5 heteroatoms. The Bertz CT molecular complexity index is 653. The second-order valence-corrected chi connectivity index (χ2v) is 5.26. The Kier molecular flexibility index (Phi) is 5.42. The summed E-state index contributed by atoms with van der Waals surface area (Å²) in [5, 5.41) is 2.11. The molecule has 0 aliphatic rings. The molecule has 1 N–H and O–H groups in total. The SMILES string of the molecule is CCc1ccccc1C[C@@H](NC(=O)c1ccccc1)C(F)(F)F. The van der Waals surface area contributed by atoms with Crippen molar-refractivity contribution in [3.05, 3.63) is 71.3 Å². The summed E-state index contributed by atoms with van der Waals surface area (Å²) in [6.45, 7) is 1.89. The molecule has 2 nitrogen and oxygen atoms in total. The fraction of sp³-hybridized carbons (Fsp3) is 0.278. The van der Waals surface area contributed by atoms with Crippen LogP contribution in [0.5, 0.6) is 0 Å². The quantitative estimate of drug-likeness (QED) is 0.880. The second-order valence-electron chi connectivity index (χ2n) is 5.26. The van der Waals surface area contributed by atoms with Gasteiger partial charge in [0, 0.05) is 12.0 Å². The molecule has 122 valence electrons. The third kappa shape index (κ3) is 4.58. The van der Waals surface area contributed by atoms with E-state index in [2.05, 4.69) is 5.32 Å². The van der Waals surface area contributed by atoms with Gasteiger partial charge in [-0.3, -0.25) is 4.79 Å². The minimum Gasteiger partial charge on any atom is -0.340 e. The van der Waals surface area contributed by atoms with Crippen LogP contribution in [0.4, 0.5) is 13.2 Å². The van der Waals surface area contributed by atoms with Gasteiger partial charge in [0.25, 0.3) is 5.91 Å². The molecule has 0 aromatic heterocycles. The van der Waals surface area contributed by atoms with Crippen LogP contribution in [0.25, 0.3) is 0 Å². The number of amides is 1. The maximum atomic E-state index is 13.3. The highest BCUT2D eigenvalue weighted by molar-refractivity contribution is 5.94. The fourth-order valence-electron chi connectivity index (χ4n) is 2.40. The lowest BCUT2D eigenvalue weighted by Crippen LogP contribution is -2.47. The summed E-state index contributed by atoms with van der Waals surface area (Å²) in [5.74, 6) is -0.720. The lowest BCUT2D eigenvalue weighted by molar-refractivity contribution is -0.153. The number of nitrogens with one attached hydrogen (secondary N) is 1. The van der Waals surface area contributed by atoms with Gasteiger partial charge in [0.2, 0.25) is 0 Å². The summed E-state index contributed by atoms with van der Waals surface area (Å²) >= 11 is 0. The number of benzene rings is 2. The monoisotopic (exact) mass is 321 g/mol. The van der Waals surface area contributed by atoms with Crippen molar-refractivity contribution in [3.8, 4) is 0 Å². The third-order valence-electron chi connectivity index (χ3n) is 3.66. The third-order valence-corrected chi connectivity index (χ3v) is 3.66. The zero-order valence-corrected chi connectivity index (χ0v) is 12.7. The number of carbonyl (C=O) groups excluding carboxylic acids is 1. The Hall–Kier alpha value is -2.30. The highest BCUT2D eigenvalue weighted by Crippen LogP contribution is 2.25. The molecule has 0 fully saturated rings. The highest BCUT2D eigenvalue weighted by Gasteiger charge is 2.40. The first-order valence-electron chi connectivity index (χ1n) is 7.41. The number of aryl methyl sites for hydroxylation is 1. The molecule has 0 radical (unpaired) electrons. The normalized spacial score (nSPS) is 12.7. The smallest absolute Gasteiger partial charge is 0.340 e. The van der Waals surface area contributed by atoms with Crippen LogP contribution < -0.4 is 5.32 Å². The van der Waals surface area contributed by atoms with Gasteiger partial charge >= 0.3 is 6.18 Å². The number of rotatable bonds is 5. The Balaban J connectivity index is 2.20. The summed E-state index contributed by atoms with van der Waals surface area (Å²) in [5.41, 5.74) is 1.67. The number of carbonyl (C=O) groups is 1. The first-order valence-corrected chi connectivity index (χ1v) is 7.41. The minimum atomic E-state index is -4.51. The first kappa shape index (κ1) is 17.1. The molecule has 1 atom stereocenters.